The zero-order chi connectivity index (χ0) is 13.8. The minimum atomic E-state index is -1.02. The predicted octanol–water partition coefficient (Wildman–Crippen LogP) is 3.47. The van der Waals surface area contributed by atoms with Crippen LogP contribution in [0.5, 0.6) is 5.75 Å². The summed E-state index contributed by atoms with van der Waals surface area (Å²) in [4.78, 5) is 10.7. The first-order valence-electron chi connectivity index (χ1n) is 5.45. The van der Waals surface area contributed by atoms with Gasteiger partial charge in [-0.1, -0.05) is 23.4 Å². The van der Waals surface area contributed by atoms with Crippen LogP contribution in [0.15, 0.2) is 18.2 Å². The zero-order valence-electron chi connectivity index (χ0n) is 10.6. The van der Waals surface area contributed by atoms with E-state index in [0.717, 1.165) is 0 Å². The molecular weight excluding hydrogens is 252 g/mol. The summed E-state index contributed by atoms with van der Waals surface area (Å²) in [5, 5.41) is 9.05. The predicted molar refractivity (Wildman–Crippen MR) is 71.1 cm³/mol. The van der Waals surface area contributed by atoms with Gasteiger partial charge < -0.3 is 9.84 Å². The van der Waals surface area contributed by atoms with Crippen LogP contribution in [0.25, 0.3) is 0 Å². The number of carboxylic acid groups (broad SMARTS) is 1. The van der Waals surface area contributed by atoms with E-state index < -0.39 is 5.97 Å². The van der Waals surface area contributed by atoms with Crippen molar-refractivity contribution in [3.63, 3.8) is 0 Å². The first-order chi connectivity index (χ1) is 8.29. The van der Waals surface area contributed by atoms with E-state index in [9.17, 15) is 4.79 Å². The van der Waals surface area contributed by atoms with Crippen LogP contribution in [0.4, 0.5) is 0 Å². The van der Waals surface area contributed by atoms with Gasteiger partial charge in [0.05, 0.1) is 10.6 Å². The molecule has 3 nitrogen and oxygen atoms in total. The molecule has 1 aromatic rings. The van der Waals surface area contributed by atoms with Gasteiger partial charge in [-0.05, 0) is 39.0 Å². The van der Waals surface area contributed by atoms with Gasteiger partial charge in [-0.3, -0.25) is 0 Å². The van der Waals surface area contributed by atoms with Crippen LogP contribution < -0.4 is 4.74 Å². The molecule has 0 fully saturated rings. The number of ether oxygens (including phenoxy) is 1. The van der Waals surface area contributed by atoms with Crippen LogP contribution in [0.3, 0.4) is 0 Å². The van der Waals surface area contributed by atoms with E-state index in [0.29, 0.717) is 5.75 Å². The molecule has 0 saturated carbocycles. The SMILES string of the molecule is CC(C)(C)C#CCOc1ccc(C(=O)O)cc1Cl. The molecule has 1 N–H and O–H groups in total. The van der Waals surface area contributed by atoms with E-state index in [1.165, 1.54) is 18.2 Å². The van der Waals surface area contributed by atoms with Crippen LogP contribution in [-0.4, -0.2) is 17.7 Å². The second-order valence-corrected chi connectivity index (χ2v) is 5.20. The molecule has 0 aromatic heterocycles. The van der Waals surface area contributed by atoms with Crippen molar-refractivity contribution in [1.82, 2.24) is 0 Å². The summed E-state index contributed by atoms with van der Waals surface area (Å²) in [6, 6.07) is 4.34. The Morgan fingerprint density at radius 1 is 1.44 bits per heavy atom. The third-order valence-corrected chi connectivity index (χ3v) is 2.24. The van der Waals surface area contributed by atoms with Crippen LogP contribution in [-0.2, 0) is 0 Å². The second-order valence-electron chi connectivity index (χ2n) is 4.79. The molecule has 0 atom stereocenters. The van der Waals surface area contributed by atoms with Gasteiger partial charge in [0, 0.05) is 5.41 Å². The molecule has 0 spiro atoms. The van der Waals surface area contributed by atoms with E-state index in [-0.39, 0.29) is 22.6 Å². The van der Waals surface area contributed by atoms with Crippen molar-refractivity contribution in [2.45, 2.75) is 20.8 Å². The van der Waals surface area contributed by atoms with Gasteiger partial charge in [0.2, 0.25) is 0 Å². The van der Waals surface area contributed by atoms with Crippen molar-refractivity contribution in [3.8, 4) is 17.6 Å². The normalized spacial score (nSPS) is 10.4. The lowest BCUT2D eigenvalue weighted by atomic mass is 9.98. The van der Waals surface area contributed by atoms with Crippen molar-refractivity contribution in [3.05, 3.63) is 28.8 Å². The van der Waals surface area contributed by atoms with Gasteiger partial charge in [-0.25, -0.2) is 4.79 Å². The molecule has 18 heavy (non-hydrogen) atoms. The number of benzene rings is 1. The highest BCUT2D eigenvalue weighted by molar-refractivity contribution is 6.32. The van der Waals surface area contributed by atoms with E-state index in [2.05, 4.69) is 11.8 Å². The second kappa shape index (κ2) is 5.79. The molecule has 0 radical (unpaired) electrons. The van der Waals surface area contributed by atoms with Crippen LogP contribution in [0, 0.1) is 17.3 Å². The average Bonchev–Trinajstić information content (AvgIpc) is 2.24. The van der Waals surface area contributed by atoms with E-state index in [4.69, 9.17) is 21.4 Å². The standard InChI is InChI=1S/C14H15ClO3/c1-14(2,3)7-4-8-18-12-6-5-10(13(16)17)9-11(12)15/h5-6,9H,8H2,1-3H3,(H,16,17). The maximum absolute atomic E-state index is 10.7. The van der Waals surface area contributed by atoms with Crippen LogP contribution in [0.2, 0.25) is 5.02 Å². The van der Waals surface area contributed by atoms with E-state index in [1.807, 2.05) is 20.8 Å². The minimum absolute atomic E-state index is 0.0691. The molecule has 96 valence electrons. The molecule has 0 unspecified atom stereocenters. The first kappa shape index (κ1) is 14.4. The topological polar surface area (TPSA) is 46.5 Å². The Bertz CT molecular complexity index is 504. The highest BCUT2D eigenvalue weighted by Gasteiger charge is 2.07. The molecule has 0 bridgehead atoms. The smallest absolute Gasteiger partial charge is 0.335 e. The third kappa shape index (κ3) is 4.68. The van der Waals surface area contributed by atoms with Crippen molar-refractivity contribution >= 4 is 17.6 Å². The lowest BCUT2D eigenvalue weighted by Crippen LogP contribution is -2.02. The number of hydrogen-bond donors (Lipinski definition) is 1. The number of hydrogen-bond acceptors (Lipinski definition) is 2. The molecule has 0 amide bonds. The molecule has 0 saturated heterocycles. The van der Waals surface area contributed by atoms with E-state index >= 15 is 0 Å². The summed E-state index contributed by atoms with van der Waals surface area (Å²) in [5.41, 5.74) is 0.0634. The van der Waals surface area contributed by atoms with Crippen LogP contribution >= 0.6 is 11.6 Å². The Labute approximate surface area is 112 Å². The first-order valence-corrected chi connectivity index (χ1v) is 5.83. The molecule has 0 aliphatic heterocycles. The summed E-state index contributed by atoms with van der Waals surface area (Å²) >= 11 is 5.91. The molecule has 1 rings (SSSR count). The van der Waals surface area contributed by atoms with Gasteiger partial charge in [0.15, 0.2) is 0 Å². The average molecular weight is 267 g/mol. The highest BCUT2D eigenvalue weighted by Crippen LogP contribution is 2.25. The number of carbonyl (C=O) groups is 1. The number of aromatic carboxylic acids is 1. The lowest BCUT2D eigenvalue weighted by Gasteiger charge is -2.08. The van der Waals surface area contributed by atoms with Crippen molar-refractivity contribution in [2.24, 2.45) is 5.41 Å². The Kier molecular flexibility index (Phi) is 4.63. The van der Waals surface area contributed by atoms with Gasteiger partial charge in [-0.2, -0.15) is 0 Å². The molecule has 4 heteroatoms. The number of rotatable bonds is 3. The quantitative estimate of drug-likeness (QED) is 0.852. The monoisotopic (exact) mass is 266 g/mol. The van der Waals surface area contributed by atoms with Crippen molar-refractivity contribution in [1.29, 1.82) is 0 Å². The van der Waals surface area contributed by atoms with Crippen LogP contribution in [0.1, 0.15) is 31.1 Å². The maximum Gasteiger partial charge on any atom is 0.335 e. The van der Waals surface area contributed by atoms with Gasteiger partial charge in [-0.15, -0.1) is 0 Å². The van der Waals surface area contributed by atoms with Gasteiger partial charge in [0.25, 0.3) is 0 Å². The van der Waals surface area contributed by atoms with E-state index in [1.54, 1.807) is 0 Å². The van der Waals surface area contributed by atoms with Gasteiger partial charge in [0.1, 0.15) is 12.4 Å². The Morgan fingerprint density at radius 3 is 2.61 bits per heavy atom. The number of carboxylic acids is 1. The summed E-state index contributed by atoms with van der Waals surface area (Å²) in [5.74, 6) is 5.34. The Hall–Kier alpha value is -1.66. The molecule has 1 aromatic carbocycles. The summed E-state index contributed by atoms with van der Waals surface area (Å²) < 4.78 is 5.37. The largest absolute Gasteiger partial charge is 0.479 e. The Balaban J connectivity index is 2.69. The third-order valence-electron chi connectivity index (χ3n) is 1.94. The zero-order valence-corrected chi connectivity index (χ0v) is 11.3. The fourth-order valence-corrected chi connectivity index (χ4v) is 1.40. The lowest BCUT2D eigenvalue weighted by molar-refractivity contribution is 0.0697. The summed E-state index contributed by atoms with van der Waals surface area (Å²) in [6.07, 6.45) is 0. The fourth-order valence-electron chi connectivity index (χ4n) is 1.17. The van der Waals surface area contributed by atoms with Crippen molar-refractivity contribution in [2.75, 3.05) is 6.61 Å². The van der Waals surface area contributed by atoms with Gasteiger partial charge >= 0.3 is 5.97 Å². The summed E-state index contributed by atoms with van der Waals surface area (Å²) in [7, 11) is 0. The summed E-state index contributed by atoms with van der Waals surface area (Å²) in [6.45, 7) is 6.25. The molecule has 0 heterocycles. The Morgan fingerprint density at radius 2 is 2.11 bits per heavy atom. The fraction of sp³-hybridized carbons (Fsp3) is 0.357. The molecule has 0 aliphatic rings. The molecule has 0 aliphatic carbocycles. The highest BCUT2D eigenvalue weighted by atomic mass is 35.5. The minimum Gasteiger partial charge on any atom is -0.479 e. The van der Waals surface area contributed by atoms with Crippen molar-refractivity contribution < 1.29 is 14.6 Å². The molecular formula is C14H15ClO3. The maximum atomic E-state index is 10.7. The number of halogens is 1.